The van der Waals surface area contributed by atoms with Crippen LogP contribution in [0.1, 0.15) is 38.1 Å². The van der Waals surface area contributed by atoms with Crippen LogP contribution in [-0.4, -0.2) is 34.1 Å². The lowest BCUT2D eigenvalue weighted by molar-refractivity contribution is 0.168. The van der Waals surface area contributed by atoms with E-state index in [2.05, 4.69) is 18.7 Å². The van der Waals surface area contributed by atoms with Crippen molar-refractivity contribution in [1.82, 2.24) is 14.5 Å². The Morgan fingerprint density at radius 2 is 1.90 bits per heavy atom. The molecule has 0 spiro atoms. The number of rotatable bonds is 5. The number of halogens is 1. The molecule has 0 N–H and O–H groups in total. The van der Waals surface area contributed by atoms with Gasteiger partial charge in [0.15, 0.2) is 0 Å². The molecule has 0 saturated carbocycles. The van der Waals surface area contributed by atoms with Crippen molar-refractivity contribution in [2.45, 2.75) is 46.6 Å². The first-order valence-corrected chi connectivity index (χ1v) is 11.0. The van der Waals surface area contributed by atoms with Crippen LogP contribution in [0.2, 0.25) is 0 Å². The maximum absolute atomic E-state index is 13.7. The van der Waals surface area contributed by atoms with Gasteiger partial charge < -0.3 is 4.90 Å². The maximum Gasteiger partial charge on any atom is 0.261 e. The second-order valence-electron chi connectivity index (χ2n) is 8.39. The molecule has 0 unspecified atom stereocenters. The second-order valence-corrected chi connectivity index (χ2v) is 8.39. The molecule has 158 valence electrons. The first-order valence-electron chi connectivity index (χ1n) is 11.0. The van der Waals surface area contributed by atoms with Crippen LogP contribution in [0.25, 0.3) is 22.0 Å². The Morgan fingerprint density at radius 1 is 1.13 bits per heavy atom. The Bertz CT molecular complexity index is 1120. The van der Waals surface area contributed by atoms with E-state index in [-0.39, 0.29) is 11.4 Å². The van der Waals surface area contributed by atoms with Gasteiger partial charge in [0.1, 0.15) is 11.6 Å². The van der Waals surface area contributed by atoms with E-state index in [0.29, 0.717) is 16.9 Å². The average molecular weight is 408 g/mol. The van der Waals surface area contributed by atoms with Gasteiger partial charge in [-0.15, -0.1) is 0 Å². The Kier molecular flexibility index (Phi) is 6.00. The number of hydrogen-bond donors (Lipinski definition) is 0. The number of likely N-dealkylation sites (tertiary alicyclic amines) is 1. The average Bonchev–Trinajstić information content (AvgIpc) is 2.77. The molecule has 0 amide bonds. The highest BCUT2D eigenvalue weighted by Gasteiger charge is 2.21. The molecule has 1 saturated heterocycles. The van der Waals surface area contributed by atoms with Crippen molar-refractivity contribution in [1.29, 1.82) is 0 Å². The summed E-state index contributed by atoms with van der Waals surface area (Å²) in [6.07, 6.45) is 3.07. The highest BCUT2D eigenvalue weighted by Crippen LogP contribution is 2.25. The molecule has 1 aliphatic heterocycles. The molecule has 2 aromatic carbocycles. The zero-order chi connectivity index (χ0) is 21.3. The summed E-state index contributed by atoms with van der Waals surface area (Å²) in [5.41, 5.74) is 3.19. The summed E-state index contributed by atoms with van der Waals surface area (Å²) >= 11 is 0. The van der Waals surface area contributed by atoms with Crippen molar-refractivity contribution in [3.05, 3.63) is 64.0 Å². The quantitative estimate of drug-likeness (QED) is 0.609. The predicted molar refractivity (Wildman–Crippen MR) is 120 cm³/mol. The zero-order valence-corrected chi connectivity index (χ0v) is 18.1. The van der Waals surface area contributed by atoms with Crippen LogP contribution in [0, 0.1) is 18.7 Å². The first kappa shape index (κ1) is 20.7. The molecular formula is C25H30FN3O. The van der Waals surface area contributed by atoms with Gasteiger partial charge in [-0.1, -0.05) is 26.0 Å². The molecule has 4 rings (SSSR count). The second kappa shape index (κ2) is 8.68. The Hall–Kier alpha value is -2.53. The van der Waals surface area contributed by atoms with Crippen molar-refractivity contribution < 1.29 is 4.39 Å². The van der Waals surface area contributed by atoms with Gasteiger partial charge >= 0.3 is 0 Å². The minimum absolute atomic E-state index is 0.0335. The van der Waals surface area contributed by atoms with Gasteiger partial charge in [0.25, 0.3) is 5.56 Å². The van der Waals surface area contributed by atoms with Crippen molar-refractivity contribution in [2.24, 2.45) is 5.92 Å². The van der Waals surface area contributed by atoms with Gasteiger partial charge in [-0.3, -0.25) is 9.36 Å². The lowest BCUT2D eigenvalue weighted by Crippen LogP contribution is -2.39. The van der Waals surface area contributed by atoms with E-state index >= 15 is 0 Å². The fourth-order valence-electron chi connectivity index (χ4n) is 4.57. The van der Waals surface area contributed by atoms with Crippen molar-refractivity contribution in [3.8, 4) is 11.1 Å². The van der Waals surface area contributed by atoms with Crippen LogP contribution in [0.15, 0.2) is 41.2 Å². The smallest absolute Gasteiger partial charge is 0.261 e. The van der Waals surface area contributed by atoms with E-state index in [9.17, 15) is 9.18 Å². The number of benzene rings is 2. The van der Waals surface area contributed by atoms with Crippen LogP contribution >= 0.6 is 0 Å². The minimum Gasteiger partial charge on any atom is -0.303 e. The molecule has 3 aromatic rings. The Balaban J connectivity index is 1.75. The van der Waals surface area contributed by atoms with Crippen molar-refractivity contribution in [3.63, 3.8) is 0 Å². The number of piperidine rings is 1. The Morgan fingerprint density at radius 3 is 2.63 bits per heavy atom. The van der Waals surface area contributed by atoms with Crippen LogP contribution in [-0.2, 0) is 13.0 Å². The maximum atomic E-state index is 13.7. The summed E-state index contributed by atoms with van der Waals surface area (Å²) in [5.74, 6) is 1.11. The molecule has 0 bridgehead atoms. The van der Waals surface area contributed by atoms with Gasteiger partial charge in [0, 0.05) is 19.5 Å². The summed E-state index contributed by atoms with van der Waals surface area (Å²) in [6.45, 7) is 9.98. The standard InChI is InChI=1S/C25H30FN3O/c1-4-24-27-23-11-9-20(19-8-10-22(26)17(3)13-19)14-21(23)25(30)29(24)16-18-7-6-12-28(5-2)15-18/h8-11,13-14,18H,4-7,12,15-16H2,1-3H3/t18-/m0/s1. The normalized spacial score (nSPS) is 17.5. The monoisotopic (exact) mass is 407 g/mol. The summed E-state index contributed by atoms with van der Waals surface area (Å²) in [5, 5.41) is 0.634. The summed E-state index contributed by atoms with van der Waals surface area (Å²) in [6, 6.07) is 10.8. The van der Waals surface area contributed by atoms with Crippen LogP contribution in [0.4, 0.5) is 4.39 Å². The lowest BCUT2D eigenvalue weighted by atomic mass is 9.97. The number of hydrogen-bond acceptors (Lipinski definition) is 3. The van der Waals surface area contributed by atoms with E-state index in [1.807, 2.05) is 28.8 Å². The summed E-state index contributed by atoms with van der Waals surface area (Å²) < 4.78 is 15.6. The van der Waals surface area contributed by atoms with Gasteiger partial charge in [-0.05, 0) is 79.7 Å². The molecule has 1 atom stereocenters. The van der Waals surface area contributed by atoms with E-state index in [1.54, 1.807) is 13.0 Å². The van der Waals surface area contributed by atoms with E-state index in [1.165, 1.54) is 12.5 Å². The van der Waals surface area contributed by atoms with E-state index in [0.717, 1.165) is 61.5 Å². The number of fused-ring (bicyclic) bond motifs is 1. The summed E-state index contributed by atoms with van der Waals surface area (Å²) in [7, 11) is 0. The van der Waals surface area contributed by atoms with Crippen LogP contribution in [0.3, 0.4) is 0 Å². The predicted octanol–water partition coefficient (Wildman–Crippen LogP) is 4.81. The molecule has 30 heavy (non-hydrogen) atoms. The van der Waals surface area contributed by atoms with E-state index in [4.69, 9.17) is 4.98 Å². The number of nitrogens with zero attached hydrogens (tertiary/aromatic N) is 3. The third-order valence-electron chi connectivity index (χ3n) is 6.33. The summed E-state index contributed by atoms with van der Waals surface area (Å²) in [4.78, 5) is 20.8. The highest BCUT2D eigenvalue weighted by molar-refractivity contribution is 5.84. The largest absolute Gasteiger partial charge is 0.303 e. The molecular weight excluding hydrogens is 377 g/mol. The lowest BCUT2D eigenvalue weighted by Gasteiger charge is -2.32. The molecule has 1 aromatic heterocycles. The van der Waals surface area contributed by atoms with Crippen molar-refractivity contribution >= 4 is 10.9 Å². The zero-order valence-electron chi connectivity index (χ0n) is 18.1. The molecule has 0 radical (unpaired) electrons. The van der Waals surface area contributed by atoms with Gasteiger partial charge in [-0.25, -0.2) is 9.37 Å². The van der Waals surface area contributed by atoms with Crippen LogP contribution < -0.4 is 5.56 Å². The fourth-order valence-corrected chi connectivity index (χ4v) is 4.57. The third kappa shape index (κ3) is 4.04. The number of aromatic nitrogens is 2. The molecule has 5 heteroatoms. The Labute approximate surface area is 177 Å². The highest BCUT2D eigenvalue weighted by atomic mass is 19.1. The van der Waals surface area contributed by atoms with Crippen molar-refractivity contribution in [2.75, 3.05) is 19.6 Å². The van der Waals surface area contributed by atoms with Gasteiger partial charge in [0.2, 0.25) is 0 Å². The minimum atomic E-state index is -0.218. The molecule has 0 aliphatic carbocycles. The molecule has 1 aliphatic rings. The SMILES string of the molecule is CCc1nc2ccc(-c3ccc(F)c(C)c3)cc2c(=O)n1C[C@H]1CCCN(CC)C1. The molecule has 1 fully saturated rings. The molecule has 2 heterocycles. The van der Waals surface area contributed by atoms with Gasteiger partial charge in [-0.2, -0.15) is 0 Å². The molecule has 4 nitrogen and oxygen atoms in total. The topological polar surface area (TPSA) is 38.1 Å². The first-order chi connectivity index (χ1) is 14.5. The third-order valence-corrected chi connectivity index (χ3v) is 6.33. The van der Waals surface area contributed by atoms with E-state index < -0.39 is 0 Å². The van der Waals surface area contributed by atoms with Crippen LogP contribution in [0.5, 0.6) is 0 Å². The van der Waals surface area contributed by atoms with Gasteiger partial charge in [0.05, 0.1) is 10.9 Å². The number of aryl methyl sites for hydroxylation is 2. The fraction of sp³-hybridized carbons (Fsp3) is 0.440.